The topological polar surface area (TPSA) is 75.2 Å². The van der Waals surface area contributed by atoms with E-state index in [0.29, 0.717) is 28.7 Å². The Morgan fingerprint density at radius 2 is 1.83 bits per heavy atom. The van der Waals surface area contributed by atoms with Crippen molar-refractivity contribution in [2.75, 3.05) is 16.8 Å². The zero-order valence-corrected chi connectivity index (χ0v) is 16.8. The lowest BCUT2D eigenvalue weighted by Gasteiger charge is -2.17. The standard InChI is InChI=1S/C21H19FN4O2S/c1-12-7-13(2)9-17(8-12)26-11-15(10-18(26)27)20-24-25-21(29-20)23-19(28)14-3-5-16(22)6-4-14/h3-9,15H,10-11H2,1-2H3,(H,23,25,28)/t15-/m1/s1. The molecule has 1 aliphatic rings. The summed E-state index contributed by atoms with van der Waals surface area (Å²) >= 11 is 1.25. The minimum atomic E-state index is -0.404. The number of nitrogens with zero attached hydrogens (tertiary/aromatic N) is 3. The van der Waals surface area contributed by atoms with Gasteiger partial charge in [0, 0.05) is 30.1 Å². The molecule has 29 heavy (non-hydrogen) atoms. The molecule has 0 radical (unpaired) electrons. The maximum Gasteiger partial charge on any atom is 0.257 e. The van der Waals surface area contributed by atoms with Crippen molar-refractivity contribution in [1.82, 2.24) is 10.2 Å². The van der Waals surface area contributed by atoms with Gasteiger partial charge >= 0.3 is 0 Å². The van der Waals surface area contributed by atoms with Gasteiger partial charge in [0.2, 0.25) is 11.0 Å². The number of rotatable bonds is 4. The van der Waals surface area contributed by atoms with Crippen LogP contribution in [0.4, 0.5) is 15.2 Å². The van der Waals surface area contributed by atoms with E-state index < -0.39 is 5.82 Å². The van der Waals surface area contributed by atoms with E-state index in [0.717, 1.165) is 16.8 Å². The fourth-order valence-corrected chi connectivity index (χ4v) is 4.28. The van der Waals surface area contributed by atoms with Gasteiger partial charge in [0.1, 0.15) is 10.8 Å². The molecule has 1 N–H and O–H groups in total. The predicted octanol–water partition coefficient (Wildman–Crippen LogP) is 4.07. The number of halogens is 1. The minimum Gasteiger partial charge on any atom is -0.312 e. The Bertz CT molecular complexity index is 1060. The first kappa shape index (κ1) is 19.2. The van der Waals surface area contributed by atoms with Crippen LogP contribution in [0.5, 0.6) is 0 Å². The summed E-state index contributed by atoms with van der Waals surface area (Å²) in [5.41, 5.74) is 3.44. The highest BCUT2D eigenvalue weighted by Crippen LogP contribution is 2.35. The number of hydrogen-bond donors (Lipinski definition) is 1. The van der Waals surface area contributed by atoms with Crippen molar-refractivity contribution in [1.29, 1.82) is 0 Å². The normalized spacial score (nSPS) is 16.3. The average Bonchev–Trinajstić information content (AvgIpc) is 3.28. The predicted molar refractivity (Wildman–Crippen MR) is 110 cm³/mol. The van der Waals surface area contributed by atoms with E-state index >= 15 is 0 Å². The van der Waals surface area contributed by atoms with Gasteiger partial charge in [-0.2, -0.15) is 0 Å². The van der Waals surface area contributed by atoms with Gasteiger partial charge in [-0.05, 0) is 61.4 Å². The Hall–Kier alpha value is -3.13. The van der Waals surface area contributed by atoms with Crippen LogP contribution in [0, 0.1) is 19.7 Å². The molecule has 2 aromatic carbocycles. The number of anilines is 2. The van der Waals surface area contributed by atoms with Crippen molar-refractivity contribution in [2.24, 2.45) is 0 Å². The zero-order chi connectivity index (χ0) is 20.5. The number of benzene rings is 2. The average molecular weight is 410 g/mol. The second-order valence-corrected chi connectivity index (χ2v) is 8.17. The molecule has 0 saturated carbocycles. The first-order chi connectivity index (χ1) is 13.9. The van der Waals surface area contributed by atoms with Crippen molar-refractivity contribution in [3.05, 3.63) is 70.0 Å². The molecule has 0 aliphatic carbocycles. The Morgan fingerprint density at radius 3 is 2.52 bits per heavy atom. The maximum absolute atomic E-state index is 13.0. The largest absolute Gasteiger partial charge is 0.312 e. The molecular formula is C21H19FN4O2S. The monoisotopic (exact) mass is 410 g/mol. The first-order valence-electron chi connectivity index (χ1n) is 9.18. The molecule has 3 aromatic rings. The number of carbonyl (C=O) groups excluding carboxylic acids is 2. The Morgan fingerprint density at radius 1 is 1.14 bits per heavy atom. The van der Waals surface area contributed by atoms with Crippen LogP contribution < -0.4 is 10.2 Å². The fraction of sp³-hybridized carbons (Fsp3) is 0.238. The molecule has 0 bridgehead atoms. The number of aryl methyl sites for hydroxylation is 2. The fourth-order valence-electron chi connectivity index (χ4n) is 3.45. The van der Waals surface area contributed by atoms with Crippen LogP contribution in [-0.2, 0) is 4.79 Å². The van der Waals surface area contributed by atoms with Gasteiger partial charge < -0.3 is 4.90 Å². The molecule has 1 aromatic heterocycles. The minimum absolute atomic E-state index is 0.0482. The third-order valence-electron chi connectivity index (χ3n) is 4.76. The zero-order valence-electron chi connectivity index (χ0n) is 16.0. The summed E-state index contributed by atoms with van der Waals surface area (Å²) < 4.78 is 13.0. The maximum atomic E-state index is 13.0. The van der Waals surface area contributed by atoms with E-state index in [-0.39, 0.29) is 17.7 Å². The van der Waals surface area contributed by atoms with E-state index in [1.807, 2.05) is 26.0 Å². The lowest BCUT2D eigenvalue weighted by Crippen LogP contribution is -2.24. The van der Waals surface area contributed by atoms with Gasteiger partial charge in [-0.3, -0.25) is 14.9 Å². The van der Waals surface area contributed by atoms with Crippen molar-refractivity contribution < 1.29 is 14.0 Å². The summed E-state index contributed by atoms with van der Waals surface area (Å²) in [5.74, 6) is -0.810. The van der Waals surface area contributed by atoms with Crippen LogP contribution in [0.15, 0.2) is 42.5 Å². The molecule has 0 unspecified atom stereocenters. The number of aromatic nitrogens is 2. The van der Waals surface area contributed by atoms with Crippen LogP contribution in [0.3, 0.4) is 0 Å². The highest BCUT2D eigenvalue weighted by atomic mass is 32.1. The summed E-state index contributed by atoms with van der Waals surface area (Å²) in [5, 5.41) is 11.9. The number of hydrogen-bond acceptors (Lipinski definition) is 5. The Labute approximate surface area is 171 Å². The second kappa shape index (κ2) is 7.71. The molecule has 8 heteroatoms. The van der Waals surface area contributed by atoms with Crippen molar-refractivity contribution in [2.45, 2.75) is 26.2 Å². The number of carbonyl (C=O) groups is 2. The summed E-state index contributed by atoms with van der Waals surface area (Å²) in [6.45, 7) is 4.55. The SMILES string of the molecule is Cc1cc(C)cc(N2C[C@H](c3nnc(NC(=O)c4ccc(F)cc4)s3)CC2=O)c1. The molecule has 1 atom stereocenters. The Kier molecular flexibility index (Phi) is 5.10. The molecule has 1 aliphatic heterocycles. The number of amides is 2. The third kappa shape index (κ3) is 4.17. The smallest absolute Gasteiger partial charge is 0.257 e. The molecule has 0 spiro atoms. The van der Waals surface area contributed by atoms with Crippen LogP contribution in [0.1, 0.15) is 38.8 Å². The van der Waals surface area contributed by atoms with E-state index in [4.69, 9.17) is 0 Å². The lowest BCUT2D eigenvalue weighted by molar-refractivity contribution is -0.117. The van der Waals surface area contributed by atoms with Gasteiger partial charge in [0.05, 0.1) is 0 Å². The van der Waals surface area contributed by atoms with E-state index in [1.54, 1.807) is 4.90 Å². The second-order valence-electron chi connectivity index (χ2n) is 7.16. The van der Waals surface area contributed by atoms with Gasteiger partial charge in [-0.25, -0.2) is 4.39 Å². The van der Waals surface area contributed by atoms with Gasteiger partial charge in [0.25, 0.3) is 5.91 Å². The lowest BCUT2D eigenvalue weighted by atomic mass is 10.1. The summed E-state index contributed by atoms with van der Waals surface area (Å²) in [6.07, 6.45) is 0.355. The van der Waals surface area contributed by atoms with Gasteiger partial charge in [0.15, 0.2) is 0 Å². The van der Waals surface area contributed by atoms with Crippen LogP contribution in [-0.4, -0.2) is 28.6 Å². The Balaban J connectivity index is 1.46. The van der Waals surface area contributed by atoms with Crippen LogP contribution in [0.2, 0.25) is 0 Å². The molecule has 148 valence electrons. The molecule has 6 nitrogen and oxygen atoms in total. The van der Waals surface area contributed by atoms with Crippen molar-refractivity contribution in [3.63, 3.8) is 0 Å². The molecule has 2 heterocycles. The van der Waals surface area contributed by atoms with Crippen molar-refractivity contribution >= 4 is 34.0 Å². The highest BCUT2D eigenvalue weighted by Gasteiger charge is 2.34. The van der Waals surface area contributed by atoms with E-state index in [9.17, 15) is 14.0 Å². The molecular weight excluding hydrogens is 391 g/mol. The summed E-state index contributed by atoms with van der Waals surface area (Å²) in [7, 11) is 0. The molecule has 2 amide bonds. The summed E-state index contributed by atoms with van der Waals surface area (Å²) in [4.78, 5) is 26.6. The molecule has 1 fully saturated rings. The van der Waals surface area contributed by atoms with E-state index in [2.05, 4.69) is 21.6 Å². The van der Waals surface area contributed by atoms with Crippen LogP contribution >= 0.6 is 11.3 Å². The highest BCUT2D eigenvalue weighted by molar-refractivity contribution is 7.15. The van der Waals surface area contributed by atoms with Gasteiger partial charge in [-0.1, -0.05) is 17.4 Å². The number of nitrogens with one attached hydrogen (secondary N) is 1. The third-order valence-corrected chi connectivity index (χ3v) is 5.76. The summed E-state index contributed by atoms with van der Waals surface area (Å²) in [6, 6.07) is 11.3. The van der Waals surface area contributed by atoms with Crippen molar-refractivity contribution in [3.8, 4) is 0 Å². The van der Waals surface area contributed by atoms with Crippen LogP contribution in [0.25, 0.3) is 0 Å². The quantitative estimate of drug-likeness (QED) is 0.704. The van der Waals surface area contributed by atoms with E-state index in [1.165, 1.54) is 35.6 Å². The molecule has 1 saturated heterocycles. The molecule has 4 rings (SSSR count). The van der Waals surface area contributed by atoms with Gasteiger partial charge in [-0.15, -0.1) is 10.2 Å². The first-order valence-corrected chi connectivity index (χ1v) is 9.99.